The molecule has 2 aromatic heterocycles. The van der Waals surface area contributed by atoms with Gasteiger partial charge in [0.1, 0.15) is 0 Å². The summed E-state index contributed by atoms with van der Waals surface area (Å²) in [7, 11) is 0. The Morgan fingerprint density at radius 2 is 1.83 bits per heavy atom. The number of imidazole rings is 1. The number of amides is 1. The van der Waals surface area contributed by atoms with E-state index in [0.29, 0.717) is 18.8 Å². The summed E-state index contributed by atoms with van der Waals surface area (Å²) in [5, 5.41) is 2.05. The largest absolute Gasteiger partial charge is 0.372 e. The van der Waals surface area contributed by atoms with Crippen LogP contribution < -0.4 is 0 Å². The fraction of sp³-hybridized carbons (Fsp3) is 0.714. The minimum absolute atomic E-state index is 0.0465. The van der Waals surface area contributed by atoms with Crippen molar-refractivity contribution < 1.29 is 9.53 Å². The van der Waals surface area contributed by atoms with Gasteiger partial charge in [-0.15, -0.1) is 11.3 Å². The molecule has 0 unspecified atom stereocenters. The average molecular weight is 418 g/mol. The van der Waals surface area contributed by atoms with E-state index in [0.717, 1.165) is 49.3 Å². The molecule has 0 aromatic carbocycles. The smallest absolute Gasteiger partial charge is 0.274 e. The summed E-state index contributed by atoms with van der Waals surface area (Å²) < 4.78 is 7.92. The number of rotatable bonds is 5. The highest BCUT2D eigenvalue weighted by Crippen LogP contribution is 2.30. The minimum atomic E-state index is 0.0465. The highest BCUT2D eigenvalue weighted by molar-refractivity contribution is 7.15. The molecule has 0 N–H and O–H groups in total. The van der Waals surface area contributed by atoms with Crippen molar-refractivity contribution in [3.63, 3.8) is 0 Å². The maximum absolute atomic E-state index is 13.4. The molecule has 2 atom stereocenters. The zero-order chi connectivity index (χ0) is 20.0. The van der Waals surface area contributed by atoms with Crippen molar-refractivity contribution in [2.24, 2.45) is 5.92 Å². The lowest BCUT2D eigenvalue weighted by Crippen LogP contribution is -2.49. The molecule has 2 aliphatic heterocycles. The lowest BCUT2D eigenvalue weighted by Gasteiger charge is -2.36. The summed E-state index contributed by atoms with van der Waals surface area (Å²) in [5.41, 5.74) is 1.66. The molecule has 0 bridgehead atoms. The Balaban J connectivity index is 1.32. The maximum Gasteiger partial charge on any atom is 0.274 e. The summed E-state index contributed by atoms with van der Waals surface area (Å²) in [6, 6.07) is 0. The number of nitrogens with zero attached hydrogens (tertiary/aromatic N) is 5. The van der Waals surface area contributed by atoms with Crippen LogP contribution in [0.15, 0.2) is 11.6 Å². The summed E-state index contributed by atoms with van der Waals surface area (Å²) in [6.07, 6.45) is 5.00. The fourth-order valence-corrected chi connectivity index (χ4v) is 5.39. The van der Waals surface area contributed by atoms with Crippen LogP contribution in [-0.2, 0) is 11.3 Å². The summed E-state index contributed by atoms with van der Waals surface area (Å²) in [6.45, 7) is 11.8. The average Bonchev–Trinajstić information content (AvgIpc) is 3.27. The number of morpholine rings is 1. The first-order valence-corrected chi connectivity index (χ1v) is 11.8. The predicted octanol–water partition coefficient (Wildman–Crippen LogP) is 2.17. The molecule has 3 fully saturated rings. The molecule has 1 aliphatic carbocycles. The molecule has 158 valence electrons. The number of aromatic nitrogens is 2. The van der Waals surface area contributed by atoms with Crippen molar-refractivity contribution in [3.05, 3.63) is 23.0 Å². The second-order valence-corrected chi connectivity index (χ2v) is 9.82. The standard InChI is InChI=1S/C21H31N5O2S/c1-15-11-25(12-16(2)28-15)20(27)19-18(26-9-10-29-21(26)22-19)14-24-7-5-23(6-8-24)13-17-3-4-17/h9-10,15-17H,3-8,11-14H2,1-2H3/t15-,16+. The Morgan fingerprint density at radius 3 is 2.52 bits per heavy atom. The van der Waals surface area contributed by atoms with Gasteiger partial charge in [-0.2, -0.15) is 0 Å². The van der Waals surface area contributed by atoms with Crippen LogP contribution in [0.1, 0.15) is 42.9 Å². The van der Waals surface area contributed by atoms with E-state index in [1.807, 2.05) is 30.3 Å². The van der Waals surface area contributed by atoms with Gasteiger partial charge in [-0.3, -0.25) is 14.1 Å². The van der Waals surface area contributed by atoms with Gasteiger partial charge in [-0.25, -0.2) is 4.98 Å². The van der Waals surface area contributed by atoms with Crippen LogP contribution in [0.25, 0.3) is 4.96 Å². The Bertz CT molecular complexity index is 858. The molecule has 2 saturated heterocycles. The van der Waals surface area contributed by atoms with Crippen molar-refractivity contribution in [2.75, 3.05) is 45.8 Å². The summed E-state index contributed by atoms with van der Waals surface area (Å²) in [4.78, 5) is 26.0. The van der Waals surface area contributed by atoms with E-state index in [1.54, 1.807) is 11.3 Å². The monoisotopic (exact) mass is 417 g/mol. The highest BCUT2D eigenvalue weighted by atomic mass is 32.1. The Labute approximate surface area is 176 Å². The van der Waals surface area contributed by atoms with Crippen molar-refractivity contribution in [1.82, 2.24) is 24.1 Å². The predicted molar refractivity (Wildman–Crippen MR) is 113 cm³/mol. The number of carbonyl (C=O) groups is 1. The first-order chi connectivity index (χ1) is 14.1. The lowest BCUT2D eigenvalue weighted by atomic mass is 10.2. The molecule has 5 rings (SSSR count). The first kappa shape index (κ1) is 19.5. The van der Waals surface area contributed by atoms with Crippen LogP contribution in [0.2, 0.25) is 0 Å². The van der Waals surface area contributed by atoms with Crippen LogP contribution in [0.3, 0.4) is 0 Å². The van der Waals surface area contributed by atoms with Crippen LogP contribution in [0, 0.1) is 5.92 Å². The molecule has 1 saturated carbocycles. The molecule has 4 heterocycles. The number of fused-ring (bicyclic) bond motifs is 1. The number of thiazole rings is 1. The maximum atomic E-state index is 13.4. The zero-order valence-corrected chi connectivity index (χ0v) is 18.2. The van der Waals surface area contributed by atoms with E-state index in [4.69, 9.17) is 9.72 Å². The summed E-state index contributed by atoms with van der Waals surface area (Å²) in [5.74, 6) is 0.995. The first-order valence-electron chi connectivity index (χ1n) is 10.9. The normalized spacial score (nSPS) is 27.0. The zero-order valence-electron chi connectivity index (χ0n) is 17.4. The molecule has 7 nitrogen and oxygen atoms in total. The molecule has 3 aliphatic rings. The van der Waals surface area contributed by atoms with E-state index >= 15 is 0 Å². The third kappa shape index (κ3) is 4.21. The van der Waals surface area contributed by atoms with E-state index in [1.165, 1.54) is 19.4 Å². The van der Waals surface area contributed by atoms with Crippen LogP contribution in [-0.4, -0.2) is 88.0 Å². The van der Waals surface area contributed by atoms with Crippen LogP contribution in [0.5, 0.6) is 0 Å². The molecular weight excluding hydrogens is 386 g/mol. The number of hydrogen-bond donors (Lipinski definition) is 0. The number of hydrogen-bond acceptors (Lipinski definition) is 6. The Morgan fingerprint density at radius 1 is 1.14 bits per heavy atom. The van der Waals surface area contributed by atoms with Crippen LogP contribution in [0.4, 0.5) is 0 Å². The number of ether oxygens (including phenoxy) is 1. The molecule has 0 radical (unpaired) electrons. The van der Waals surface area contributed by atoms with E-state index in [9.17, 15) is 4.79 Å². The topological polar surface area (TPSA) is 53.3 Å². The third-order valence-electron chi connectivity index (χ3n) is 6.32. The van der Waals surface area contributed by atoms with Crippen molar-refractivity contribution in [1.29, 1.82) is 0 Å². The van der Waals surface area contributed by atoms with Gasteiger partial charge >= 0.3 is 0 Å². The molecule has 29 heavy (non-hydrogen) atoms. The van der Waals surface area contributed by atoms with Gasteiger partial charge in [0.25, 0.3) is 5.91 Å². The molecular formula is C21H31N5O2S. The van der Waals surface area contributed by atoms with Crippen molar-refractivity contribution in [2.45, 2.75) is 45.4 Å². The highest BCUT2D eigenvalue weighted by Gasteiger charge is 2.32. The minimum Gasteiger partial charge on any atom is -0.372 e. The van der Waals surface area contributed by atoms with Gasteiger partial charge < -0.3 is 14.5 Å². The molecule has 1 amide bonds. The van der Waals surface area contributed by atoms with E-state index in [2.05, 4.69) is 14.2 Å². The van der Waals surface area contributed by atoms with Gasteiger partial charge in [0, 0.05) is 63.9 Å². The lowest BCUT2D eigenvalue weighted by molar-refractivity contribution is -0.0587. The van der Waals surface area contributed by atoms with Crippen molar-refractivity contribution in [3.8, 4) is 0 Å². The van der Waals surface area contributed by atoms with Gasteiger partial charge in [-0.1, -0.05) is 0 Å². The van der Waals surface area contributed by atoms with Gasteiger partial charge in [-0.05, 0) is 32.6 Å². The second-order valence-electron chi connectivity index (χ2n) is 8.95. The Hall–Kier alpha value is -1.48. The summed E-state index contributed by atoms with van der Waals surface area (Å²) >= 11 is 1.59. The second kappa shape index (κ2) is 7.98. The SMILES string of the molecule is C[C@@H]1CN(C(=O)c2nc3sccn3c2CN2CCN(CC3CC3)CC2)C[C@H](C)O1. The molecule has 2 aromatic rings. The van der Waals surface area contributed by atoms with E-state index in [-0.39, 0.29) is 18.1 Å². The molecule has 8 heteroatoms. The number of carbonyl (C=O) groups excluding carboxylic acids is 1. The quantitative estimate of drug-likeness (QED) is 0.746. The molecule has 0 spiro atoms. The Kier molecular flexibility index (Phi) is 5.36. The fourth-order valence-electron chi connectivity index (χ4n) is 4.66. The van der Waals surface area contributed by atoms with Crippen molar-refractivity contribution >= 4 is 22.2 Å². The van der Waals surface area contributed by atoms with Crippen LogP contribution >= 0.6 is 11.3 Å². The third-order valence-corrected chi connectivity index (χ3v) is 7.08. The van der Waals surface area contributed by atoms with Gasteiger partial charge in [0.05, 0.1) is 17.9 Å². The number of piperazine rings is 1. The van der Waals surface area contributed by atoms with E-state index < -0.39 is 0 Å². The van der Waals surface area contributed by atoms with Gasteiger partial charge in [0.2, 0.25) is 0 Å². The van der Waals surface area contributed by atoms with Gasteiger partial charge in [0.15, 0.2) is 10.7 Å².